The van der Waals surface area contributed by atoms with Gasteiger partial charge in [0.25, 0.3) is 0 Å². The van der Waals surface area contributed by atoms with Crippen LogP contribution in [0.1, 0.15) is 52.9 Å². The van der Waals surface area contributed by atoms with Gasteiger partial charge >= 0.3 is 0 Å². The number of carbonyl (C=O) groups is 1. The van der Waals surface area contributed by atoms with Crippen molar-refractivity contribution in [2.75, 3.05) is 0 Å². The average Bonchev–Trinajstić information content (AvgIpc) is 2.59. The fraction of sp³-hybridized carbons (Fsp3) is 0.929. The van der Waals surface area contributed by atoms with Crippen molar-refractivity contribution in [3.8, 4) is 0 Å². The zero-order valence-corrected chi connectivity index (χ0v) is 10.2. The standard InChI is InChI=1S/C14H22O/c1-13(2)6-9-7-14(9,3)11-4-5-12(15)10(11)8-13/h9-11H,4-8H2,1-3H3/t9-,10-,11+,14+/m0/s1. The number of carbonyl (C=O) groups excluding carboxylic acids is 1. The summed E-state index contributed by atoms with van der Waals surface area (Å²) in [5.41, 5.74) is 0.951. The number of hydrogen-bond acceptors (Lipinski definition) is 1. The second-order valence-electron chi connectivity index (χ2n) is 7.20. The summed E-state index contributed by atoms with van der Waals surface area (Å²) < 4.78 is 0. The Kier molecular flexibility index (Phi) is 1.76. The van der Waals surface area contributed by atoms with Gasteiger partial charge in [-0.25, -0.2) is 0 Å². The lowest BCUT2D eigenvalue weighted by molar-refractivity contribution is -0.122. The summed E-state index contributed by atoms with van der Waals surface area (Å²) in [6, 6.07) is 0. The Bertz CT molecular complexity index is 317. The summed E-state index contributed by atoms with van der Waals surface area (Å²) in [5.74, 6) is 2.64. The molecular formula is C14H22O. The third kappa shape index (κ3) is 1.31. The Labute approximate surface area is 92.6 Å². The molecule has 4 atom stereocenters. The molecule has 1 heteroatoms. The molecule has 0 heterocycles. The lowest BCUT2D eigenvalue weighted by Crippen LogP contribution is -2.24. The van der Waals surface area contributed by atoms with Crippen LogP contribution in [0.4, 0.5) is 0 Å². The molecule has 0 aromatic carbocycles. The maximum atomic E-state index is 12.0. The van der Waals surface area contributed by atoms with Crippen LogP contribution in [-0.4, -0.2) is 5.78 Å². The molecule has 0 saturated heterocycles. The average molecular weight is 206 g/mol. The predicted octanol–water partition coefficient (Wildman–Crippen LogP) is 3.43. The van der Waals surface area contributed by atoms with Crippen molar-refractivity contribution in [2.24, 2.45) is 28.6 Å². The van der Waals surface area contributed by atoms with E-state index in [0.29, 0.717) is 22.5 Å². The molecule has 0 unspecified atom stereocenters. The highest BCUT2D eigenvalue weighted by atomic mass is 16.1. The second-order valence-corrected chi connectivity index (χ2v) is 7.20. The van der Waals surface area contributed by atoms with E-state index in [0.717, 1.165) is 24.7 Å². The molecule has 3 aliphatic rings. The van der Waals surface area contributed by atoms with Crippen LogP contribution < -0.4 is 0 Å². The van der Waals surface area contributed by atoms with Crippen LogP contribution in [0, 0.1) is 28.6 Å². The van der Waals surface area contributed by atoms with Crippen molar-refractivity contribution in [2.45, 2.75) is 52.9 Å². The van der Waals surface area contributed by atoms with Gasteiger partial charge in [0.15, 0.2) is 0 Å². The topological polar surface area (TPSA) is 17.1 Å². The van der Waals surface area contributed by atoms with Gasteiger partial charge in [-0.2, -0.15) is 0 Å². The molecule has 1 nitrogen and oxygen atoms in total. The van der Waals surface area contributed by atoms with Crippen LogP contribution in [0.5, 0.6) is 0 Å². The first-order valence-corrected chi connectivity index (χ1v) is 6.45. The highest BCUT2D eigenvalue weighted by Gasteiger charge is 2.62. The van der Waals surface area contributed by atoms with Gasteiger partial charge in [-0.15, -0.1) is 0 Å². The van der Waals surface area contributed by atoms with Gasteiger partial charge in [0, 0.05) is 12.3 Å². The molecule has 3 aliphatic carbocycles. The van der Waals surface area contributed by atoms with Crippen LogP contribution in [0.15, 0.2) is 0 Å². The van der Waals surface area contributed by atoms with E-state index in [2.05, 4.69) is 20.8 Å². The number of rotatable bonds is 0. The largest absolute Gasteiger partial charge is 0.299 e. The van der Waals surface area contributed by atoms with E-state index >= 15 is 0 Å². The molecule has 3 fully saturated rings. The monoisotopic (exact) mass is 206 g/mol. The van der Waals surface area contributed by atoms with E-state index in [1.54, 1.807) is 0 Å². The minimum atomic E-state index is 0.405. The third-order valence-corrected chi connectivity index (χ3v) is 5.48. The fourth-order valence-electron chi connectivity index (χ4n) is 4.53. The minimum Gasteiger partial charge on any atom is -0.299 e. The van der Waals surface area contributed by atoms with Gasteiger partial charge < -0.3 is 0 Å². The van der Waals surface area contributed by atoms with Gasteiger partial charge in [0.05, 0.1) is 0 Å². The zero-order chi connectivity index (χ0) is 10.8. The van der Waals surface area contributed by atoms with E-state index in [1.165, 1.54) is 19.3 Å². The van der Waals surface area contributed by atoms with Crippen molar-refractivity contribution >= 4 is 5.78 Å². The molecule has 0 N–H and O–H groups in total. The molecule has 15 heavy (non-hydrogen) atoms. The maximum Gasteiger partial charge on any atom is 0.136 e. The van der Waals surface area contributed by atoms with Crippen molar-refractivity contribution in [3.63, 3.8) is 0 Å². The van der Waals surface area contributed by atoms with Crippen LogP contribution in [0.2, 0.25) is 0 Å². The highest BCUT2D eigenvalue weighted by molar-refractivity contribution is 5.83. The zero-order valence-electron chi connectivity index (χ0n) is 10.2. The van der Waals surface area contributed by atoms with Crippen molar-refractivity contribution in [3.05, 3.63) is 0 Å². The lowest BCUT2D eigenvalue weighted by atomic mass is 9.76. The van der Waals surface area contributed by atoms with E-state index in [9.17, 15) is 4.79 Å². The van der Waals surface area contributed by atoms with E-state index in [-0.39, 0.29) is 0 Å². The highest BCUT2D eigenvalue weighted by Crippen LogP contribution is 2.68. The van der Waals surface area contributed by atoms with Crippen LogP contribution in [0.25, 0.3) is 0 Å². The Morgan fingerprint density at radius 3 is 2.60 bits per heavy atom. The van der Waals surface area contributed by atoms with E-state index in [4.69, 9.17) is 0 Å². The van der Waals surface area contributed by atoms with Gasteiger partial charge in [-0.3, -0.25) is 4.79 Å². The molecule has 0 spiro atoms. The lowest BCUT2D eigenvalue weighted by Gasteiger charge is -2.28. The fourth-order valence-corrected chi connectivity index (χ4v) is 4.53. The summed E-state index contributed by atoms with van der Waals surface area (Å²) in [4.78, 5) is 12.0. The van der Waals surface area contributed by atoms with Gasteiger partial charge in [-0.1, -0.05) is 20.8 Å². The number of hydrogen-bond donors (Lipinski definition) is 0. The van der Waals surface area contributed by atoms with Crippen LogP contribution in [-0.2, 0) is 4.79 Å². The van der Waals surface area contributed by atoms with Gasteiger partial charge in [0.1, 0.15) is 5.78 Å². The van der Waals surface area contributed by atoms with Gasteiger partial charge in [0.2, 0.25) is 0 Å². The quantitative estimate of drug-likeness (QED) is 0.593. The first-order chi connectivity index (χ1) is 6.92. The molecule has 3 rings (SSSR count). The summed E-state index contributed by atoms with van der Waals surface area (Å²) in [6.45, 7) is 7.16. The molecule has 0 radical (unpaired) electrons. The first-order valence-electron chi connectivity index (χ1n) is 6.45. The van der Waals surface area contributed by atoms with E-state index < -0.39 is 0 Å². The Balaban J connectivity index is 1.95. The van der Waals surface area contributed by atoms with Crippen LogP contribution in [0.3, 0.4) is 0 Å². The number of fused-ring (bicyclic) bond motifs is 3. The number of Topliss-reactive ketones (excluding diaryl/α,β-unsaturated/α-hetero) is 1. The van der Waals surface area contributed by atoms with Crippen molar-refractivity contribution in [1.82, 2.24) is 0 Å². The van der Waals surface area contributed by atoms with Crippen LogP contribution >= 0.6 is 0 Å². The summed E-state index contributed by atoms with van der Waals surface area (Å²) in [7, 11) is 0. The molecule has 0 aromatic rings. The molecule has 0 amide bonds. The third-order valence-electron chi connectivity index (χ3n) is 5.48. The Hall–Kier alpha value is -0.330. The Morgan fingerprint density at radius 2 is 1.87 bits per heavy atom. The van der Waals surface area contributed by atoms with Gasteiger partial charge in [-0.05, 0) is 48.3 Å². The van der Waals surface area contributed by atoms with Crippen molar-refractivity contribution in [1.29, 1.82) is 0 Å². The molecule has 0 aromatic heterocycles. The smallest absolute Gasteiger partial charge is 0.136 e. The summed E-state index contributed by atoms with van der Waals surface area (Å²) >= 11 is 0. The summed E-state index contributed by atoms with van der Waals surface area (Å²) in [6.07, 6.45) is 5.96. The summed E-state index contributed by atoms with van der Waals surface area (Å²) in [5, 5.41) is 0. The molecule has 84 valence electrons. The predicted molar refractivity (Wildman–Crippen MR) is 60.5 cm³/mol. The normalized spacial score (nSPS) is 51.9. The second kappa shape index (κ2) is 2.67. The molecular weight excluding hydrogens is 184 g/mol. The molecule has 3 saturated carbocycles. The van der Waals surface area contributed by atoms with E-state index in [1.807, 2.05) is 0 Å². The van der Waals surface area contributed by atoms with Crippen molar-refractivity contribution < 1.29 is 4.79 Å². The molecule has 0 bridgehead atoms. The maximum absolute atomic E-state index is 12.0. The number of ketones is 1. The minimum absolute atomic E-state index is 0.405. The SMILES string of the molecule is CC1(C)C[C@H]2C[C@@]2(C)[C@@H]2CCC(=O)[C@H]2C1. The first kappa shape index (κ1) is 9.86. The Morgan fingerprint density at radius 1 is 1.13 bits per heavy atom. The molecule has 0 aliphatic heterocycles.